The van der Waals surface area contributed by atoms with E-state index in [1.54, 1.807) is 0 Å². The number of halogens is 3. The summed E-state index contributed by atoms with van der Waals surface area (Å²) in [4.78, 5) is 25.5. The van der Waals surface area contributed by atoms with E-state index in [4.69, 9.17) is 0 Å². The van der Waals surface area contributed by atoms with E-state index in [0.717, 1.165) is 18.2 Å². The minimum Gasteiger partial charge on any atom is -0.545 e. The molecule has 0 radical (unpaired) electrons. The van der Waals surface area contributed by atoms with Crippen molar-refractivity contribution in [2.45, 2.75) is 20.0 Å². The maximum atomic E-state index is 13.3. The fourth-order valence-corrected chi connectivity index (χ4v) is 2.52. The highest BCUT2D eigenvalue weighted by atomic mass is 19.4. The van der Waals surface area contributed by atoms with Gasteiger partial charge in [-0.25, -0.2) is 0 Å². The number of pyridine rings is 1. The van der Waals surface area contributed by atoms with Crippen LogP contribution in [0, 0.1) is 24.0 Å². The van der Waals surface area contributed by atoms with Crippen LogP contribution in [-0.4, -0.2) is 15.9 Å². The van der Waals surface area contributed by atoms with Gasteiger partial charge in [0.2, 0.25) is 0 Å². The zero-order valence-electron chi connectivity index (χ0n) is 12.5. The number of carbonyl (C=O) groups is 1. The fraction of sp³-hybridized carbons (Fsp3) is 0.200. The van der Waals surface area contributed by atoms with Crippen LogP contribution in [-0.2, 0) is 6.18 Å². The molecule has 2 rings (SSSR count). The summed E-state index contributed by atoms with van der Waals surface area (Å²) in [7, 11) is 0. The number of aromatic carboxylic acids is 1. The summed E-state index contributed by atoms with van der Waals surface area (Å²) in [6.07, 6.45) is -4.82. The molecule has 0 unspecified atom stereocenters. The second-order valence-electron chi connectivity index (χ2n) is 4.97. The van der Waals surface area contributed by atoms with E-state index >= 15 is 0 Å². The van der Waals surface area contributed by atoms with Crippen LogP contribution in [0.4, 0.5) is 18.9 Å². The molecule has 0 aliphatic carbocycles. The number of hydrogen-bond donors (Lipinski definition) is 0. The molecule has 24 heavy (non-hydrogen) atoms. The van der Waals surface area contributed by atoms with Crippen LogP contribution in [0.2, 0.25) is 0 Å². The van der Waals surface area contributed by atoms with Crippen LogP contribution in [0.3, 0.4) is 0 Å². The van der Waals surface area contributed by atoms with E-state index in [9.17, 15) is 33.2 Å². The maximum Gasteiger partial charge on any atom is 0.417 e. The van der Waals surface area contributed by atoms with E-state index in [1.165, 1.54) is 19.9 Å². The summed E-state index contributed by atoms with van der Waals surface area (Å²) in [5.41, 5.74) is -4.32. The molecule has 0 saturated heterocycles. The lowest BCUT2D eigenvalue weighted by atomic mass is 9.92. The van der Waals surface area contributed by atoms with Gasteiger partial charge in [0.15, 0.2) is 0 Å². The summed E-state index contributed by atoms with van der Waals surface area (Å²) in [6, 6.07) is 4.05. The van der Waals surface area contributed by atoms with E-state index in [0.29, 0.717) is 0 Å². The lowest BCUT2D eigenvalue weighted by Crippen LogP contribution is -2.26. The predicted octanol–water partition coefficient (Wildman–Crippen LogP) is 2.66. The van der Waals surface area contributed by atoms with Gasteiger partial charge in [0.1, 0.15) is 5.69 Å². The normalized spacial score (nSPS) is 11.4. The van der Waals surface area contributed by atoms with Crippen LogP contribution in [0.5, 0.6) is 0 Å². The van der Waals surface area contributed by atoms with Crippen LogP contribution in [0.15, 0.2) is 24.3 Å². The molecule has 0 aliphatic rings. The van der Waals surface area contributed by atoms with Crippen LogP contribution < -0.4 is 5.11 Å². The summed E-state index contributed by atoms with van der Waals surface area (Å²) in [6.45, 7) is 2.46. The van der Waals surface area contributed by atoms with Gasteiger partial charge in [-0.3, -0.25) is 15.1 Å². The number of aromatic nitrogens is 1. The topological polar surface area (TPSA) is 96.2 Å². The van der Waals surface area contributed by atoms with Crippen molar-refractivity contribution < 1.29 is 28.0 Å². The number of alkyl halides is 3. The van der Waals surface area contributed by atoms with Crippen molar-refractivity contribution in [3.63, 3.8) is 0 Å². The van der Waals surface area contributed by atoms with Gasteiger partial charge < -0.3 is 9.90 Å². The van der Waals surface area contributed by atoms with Gasteiger partial charge in [0.25, 0.3) is 5.69 Å². The van der Waals surface area contributed by atoms with E-state index in [-0.39, 0.29) is 11.4 Å². The molecule has 2 aromatic rings. The van der Waals surface area contributed by atoms with Crippen LogP contribution in [0.25, 0.3) is 11.1 Å². The Morgan fingerprint density at radius 1 is 1.17 bits per heavy atom. The third-order valence-corrected chi connectivity index (χ3v) is 3.42. The minimum atomic E-state index is -4.82. The number of nitro groups is 1. The van der Waals surface area contributed by atoms with Crippen molar-refractivity contribution >= 4 is 11.7 Å². The summed E-state index contributed by atoms with van der Waals surface area (Å²) in [5.74, 6) is -1.84. The van der Waals surface area contributed by atoms with Gasteiger partial charge in [-0.2, -0.15) is 13.2 Å². The Hall–Kier alpha value is -2.97. The number of rotatable bonds is 3. The monoisotopic (exact) mass is 339 g/mol. The highest BCUT2D eigenvalue weighted by Gasteiger charge is 2.37. The van der Waals surface area contributed by atoms with Crippen molar-refractivity contribution in [2.75, 3.05) is 0 Å². The Morgan fingerprint density at radius 3 is 2.25 bits per heavy atom. The zero-order valence-corrected chi connectivity index (χ0v) is 12.5. The van der Waals surface area contributed by atoms with Crippen molar-refractivity contribution in [1.82, 2.24) is 4.98 Å². The average Bonchev–Trinajstić information content (AvgIpc) is 2.44. The fourth-order valence-electron chi connectivity index (χ4n) is 2.52. The summed E-state index contributed by atoms with van der Waals surface area (Å²) in [5, 5.41) is 22.7. The molecule has 0 fully saturated rings. The highest BCUT2D eigenvalue weighted by Crippen LogP contribution is 2.43. The molecule has 0 spiro atoms. The number of aryl methyl sites for hydroxylation is 2. The quantitative estimate of drug-likeness (QED) is 0.633. The van der Waals surface area contributed by atoms with Gasteiger partial charge in [-0.05, 0) is 19.9 Å². The number of hydrogen-bond acceptors (Lipinski definition) is 5. The molecular weight excluding hydrogens is 329 g/mol. The largest absolute Gasteiger partial charge is 0.545 e. The first-order chi connectivity index (χ1) is 11.1. The Kier molecular flexibility index (Phi) is 4.28. The van der Waals surface area contributed by atoms with Crippen LogP contribution in [0.1, 0.15) is 27.3 Å². The number of carboxylic acids is 1. The van der Waals surface area contributed by atoms with Crippen molar-refractivity contribution in [1.29, 1.82) is 0 Å². The minimum absolute atomic E-state index is 0.162. The number of nitrogens with zero attached hydrogens (tertiary/aromatic N) is 2. The van der Waals surface area contributed by atoms with E-state index in [1.807, 2.05) is 0 Å². The average molecular weight is 339 g/mol. The maximum absolute atomic E-state index is 13.3. The standard InChI is InChI=1S/C15H11F3N2O4/c1-7-11(14(21)22)12(13(20(23)24)8(2)19-7)9-5-3-4-6-10(9)15(16,17)18/h3-6H,1-2H3,(H,21,22)/p-1. The third kappa shape index (κ3) is 2.92. The second-order valence-corrected chi connectivity index (χ2v) is 4.97. The molecule has 6 nitrogen and oxygen atoms in total. The molecule has 0 saturated carbocycles. The van der Waals surface area contributed by atoms with Crippen molar-refractivity contribution in [3.8, 4) is 11.1 Å². The molecule has 9 heteroatoms. The lowest BCUT2D eigenvalue weighted by molar-refractivity contribution is -0.385. The van der Waals surface area contributed by atoms with Crippen LogP contribution >= 0.6 is 0 Å². The molecule has 1 aromatic heterocycles. The van der Waals surface area contributed by atoms with E-state index < -0.39 is 45.0 Å². The van der Waals surface area contributed by atoms with Gasteiger partial charge in [0.05, 0.1) is 22.0 Å². The third-order valence-electron chi connectivity index (χ3n) is 3.42. The first-order valence-electron chi connectivity index (χ1n) is 6.59. The smallest absolute Gasteiger partial charge is 0.417 e. The molecule has 0 aliphatic heterocycles. The number of benzene rings is 1. The van der Waals surface area contributed by atoms with Gasteiger partial charge in [0, 0.05) is 16.8 Å². The number of carboxylic acid groups (broad SMARTS) is 1. The van der Waals surface area contributed by atoms with Gasteiger partial charge in [-0.15, -0.1) is 0 Å². The SMILES string of the molecule is Cc1nc(C)c([N+](=O)[O-])c(-c2ccccc2C(F)(F)F)c1C(=O)[O-]. The molecule has 0 amide bonds. The molecule has 1 heterocycles. The first-order valence-corrected chi connectivity index (χ1v) is 6.59. The van der Waals surface area contributed by atoms with Gasteiger partial charge >= 0.3 is 6.18 Å². The van der Waals surface area contributed by atoms with Crippen molar-refractivity contribution in [2.24, 2.45) is 0 Å². The molecule has 0 N–H and O–H groups in total. The molecule has 0 bridgehead atoms. The van der Waals surface area contributed by atoms with Gasteiger partial charge in [-0.1, -0.05) is 18.2 Å². The Labute approximate surface area is 133 Å². The Bertz CT molecular complexity index is 809. The first kappa shape index (κ1) is 17.4. The summed E-state index contributed by atoms with van der Waals surface area (Å²) >= 11 is 0. The molecular formula is C15H10F3N2O4-. The lowest BCUT2D eigenvalue weighted by Gasteiger charge is -2.18. The second kappa shape index (κ2) is 5.91. The molecule has 126 valence electrons. The predicted molar refractivity (Wildman–Crippen MR) is 75.1 cm³/mol. The Balaban J connectivity index is 3.04. The van der Waals surface area contributed by atoms with E-state index in [2.05, 4.69) is 4.98 Å². The molecule has 0 atom stereocenters. The molecule has 1 aromatic carbocycles. The zero-order chi connectivity index (χ0) is 18.2. The summed E-state index contributed by atoms with van der Waals surface area (Å²) < 4.78 is 39.8. The highest BCUT2D eigenvalue weighted by molar-refractivity contribution is 5.99. The Morgan fingerprint density at radius 2 is 1.75 bits per heavy atom. The number of carbonyl (C=O) groups excluding carboxylic acids is 1. The van der Waals surface area contributed by atoms with Crippen molar-refractivity contribution in [3.05, 3.63) is 56.9 Å².